The first-order valence-electron chi connectivity index (χ1n) is 5.91. The molecule has 98 valence electrons. The van der Waals surface area contributed by atoms with Crippen molar-refractivity contribution in [3.63, 3.8) is 0 Å². The van der Waals surface area contributed by atoms with Gasteiger partial charge in [0.25, 0.3) is 0 Å². The molecule has 3 N–H and O–H groups in total. The van der Waals surface area contributed by atoms with E-state index in [-0.39, 0.29) is 6.04 Å². The molecule has 1 aliphatic rings. The lowest BCUT2D eigenvalue weighted by Gasteiger charge is -2.34. The maximum atomic E-state index is 11.9. The van der Waals surface area contributed by atoms with Crippen molar-refractivity contribution in [2.75, 3.05) is 6.54 Å². The van der Waals surface area contributed by atoms with Gasteiger partial charge in [0, 0.05) is 12.6 Å². The summed E-state index contributed by atoms with van der Waals surface area (Å²) in [5.74, 6) is -1.22. The second kappa shape index (κ2) is 5.86. The third kappa shape index (κ3) is 3.59. The second-order valence-corrected chi connectivity index (χ2v) is 4.54. The zero-order chi connectivity index (χ0) is 13.0. The van der Waals surface area contributed by atoms with Crippen LogP contribution in [0.15, 0.2) is 0 Å². The molecular weight excluding hydrogens is 224 g/mol. The first-order valence-corrected chi connectivity index (χ1v) is 5.91. The number of aliphatic hydroxyl groups is 1. The number of piperidine rings is 1. The lowest BCUT2D eigenvalue weighted by atomic mass is 10.0. The summed E-state index contributed by atoms with van der Waals surface area (Å²) >= 11 is 0. The number of nitrogens with zero attached hydrogens (tertiary/aromatic N) is 1. The van der Waals surface area contributed by atoms with Crippen molar-refractivity contribution in [2.24, 2.45) is 0 Å². The molecule has 0 aromatic carbocycles. The van der Waals surface area contributed by atoms with E-state index >= 15 is 0 Å². The van der Waals surface area contributed by atoms with E-state index in [4.69, 9.17) is 5.11 Å². The van der Waals surface area contributed by atoms with Crippen LogP contribution in [0.25, 0.3) is 0 Å². The van der Waals surface area contributed by atoms with Crippen molar-refractivity contribution in [3.05, 3.63) is 0 Å². The highest BCUT2D eigenvalue weighted by molar-refractivity contribution is 5.83. The summed E-state index contributed by atoms with van der Waals surface area (Å²) in [6, 6.07) is -1.55. The molecule has 6 heteroatoms. The standard InChI is InChI=1S/C11H20N2O4/c1-7-5-3-4-6-13(7)11(17)12-9(8(2)14)10(15)16/h7-9,14H,3-6H2,1-2H3,(H,12,17)(H,15,16). The molecule has 0 aliphatic carbocycles. The number of carbonyl (C=O) groups excluding carboxylic acids is 1. The Bertz CT molecular complexity index is 293. The summed E-state index contributed by atoms with van der Waals surface area (Å²) in [4.78, 5) is 24.3. The Balaban J connectivity index is 2.60. The second-order valence-electron chi connectivity index (χ2n) is 4.54. The lowest BCUT2D eigenvalue weighted by molar-refractivity contribution is -0.141. The van der Waals surface area contributed by atoms with Crippen LogP contribution in [0.5, 0.6) is 0 Å². The number of aliphatic hydroxyl groups excluding tert-OH is 1. The molecule has 3 unspecified atom stereocenters. The fourth-order valence-corrected chi connectivity index (χ4v) is 2.00. The third-order valence-corrected chi connectivity index (χ3v) is 3.09. The summed E-state index contributed by atoms with van der Waals surface area (Å²) in [6.45, 7) is 3.93. The van der Waals surface area contributed by atoms with E-state index in [0.717, 1.165) is 19.3 Å². The minimum Gasteiger partial charge on any atom is -0.480 e. The number of amides is 2. The number of hydrogen-bond donors (Lipinski definition) is 3. The van der Waals surface area contributed by atoms with Crippen LogP contribution in [-0.2, 0) is 4.79 Å². The zero-order valence-corrected chi connectivity index (χ0v) is 10.2. The van der Waals surface area contributed by atoms with Gasteiger partial charge in [0.15, 0.2) is 6.04 Å². The molecule has 0 aromatic heterocycles. The molecule has 1 aliphatic heterocycles. The van der Waals surface area contributed by atoms with Gasteiger partial charge >= 0.3 is 12.0 Å². The minimum atomic E-state index is -1.25. The van der Waals surface area contributed by atoms with Crippen LogP contribution in [0.1, 0.15) is 33.1 Å². The number of hydrogen-bond acceptors (Lipinski definition) is 3. The summed E-state index contributed by atoms with van der Waals surface area (Å²) < 4.78 is 0. The smallest absolute Gasteiger partial charge is 0.328 e. The van der Waals surface area contributed by atoms with E-state index in [1.54, 1.807) is 4.90 Å². The maximum absolute atomic E-state index is 11.9. The topological polar surface area (TPSA) is 89.9 Å². The van der Waals surface area contributed by atoms with Crippen molar-refractivity contribution in [2.45, 2.75) is 51.3 Å². The predicted molar refractivity (Wildman–Crippen MR) is 61.7 cm³/mol. The molecule has 0 spiro atoms. The van der Waals surface area contributed by atoms with Crippen molar-refractivity contribution in [1.82, 2.24) is 10.2 Å². The SMILES string of the molecule is CC(O)C(NC(=O)N1CCCCC1C)C(=O)O. The molecule has 1 saturated heterocycles. The number of carboxylic acid groups (broad SMARTS) is 1. The van der Waals surface area contributed by atoms with Crippen molar-refractivity contribution >= 4 is 12.0 Å². The molecule has 0 saturated carbocycles. The van der Waals surface area contributed by atoms with Crippen LogP contribution in [-0.4, -0.2) is 51.8 Å². The monoisotopic (exact) mass is 244 g/mol. The van der Waals surface area contributed by atoms with E-state index in [0.29, 0.717) is 6.54 Å². The van der Waals surface area contributed by atoms with Crippen LogP contribution < -0.4 is 5.32 Å². The van der Waals surface area contributed by atoms with Crippen molar-refractivity contribution in [3.8, 4) is 0 Å². The summed E-state index contributed by atoms with van der Waals surface area (Å²) in [7, 11) is 0. The Morgan fingerprint density at radius 2 is 2.06 bits per heavy atom. The highest BCUT2D eigenvalue weighted by Crippen LogP contribution is 2.16. The molecule has 2 amide bonds. The number of likely N-dealkylation sites (tertiary alicyclic amines) is 1. The van der Waals surface area contributed by atoms with Gasteiger partial charge in [0.2, 0.25) is 0 Å². The van der Waals surface area contributed by atoms with Crippen LogP contribution in [0.2, 0.25) is 0 Å². The van der Waals surface area contributed by atoms with Crippen LogP contribution >= 0.6 is 0 Å². The van der Waals surface area contributed by atoms with Gasteiger partial charge in [-0.05, 0) is 33.1 Å². The fourth-order valence-electron chi connectivity index (χ4n) is 2.00. The van der Waals surface area contributed by atoms with E-state index in [2.05, 4.69) is 5.32 Å². The highest BCUT2D eigenvalue weighted by atomic mass is 16.4. The van der Waals surface area contributed by atoms with Gasteiger partial charge in [-0.3, -0.25) is 0 Å². The first-order chi connectivity index (χ1) is 7.93. The van der Waals surface area contributed by atoms with Crippen molar-refractivity contribution < 1.29 is 19.8 Å². The summed E-state index contributed by atoms with van der Waals surface area (Å²) in [5.41, 5.74) is 0. The molecule has 3 atom stereocenters. The Hall–Kier alpha value is -1.30. The quantitative estimate of drug-likeness (QED) is 0.670. The van der Waals surface area contributed by atoms with E-state index in [9.17, 15) is 14.7 Å². The van der Waals surface area contributed by atoms with Crippen molar-refractivity contribution in [1.29, 1.82) is 0 Å². The van der Waals surface area contributed by atoms with Gasteiger partial charge in [0.05, 0.1) is 6.10 Å². The van der Waals surface area contributed by atoms with Crippen LogP contribution in [0, 0.1) is 0 Å². The Labute approximate surface area is 101 Å². The number of aliphatic carboxylic acids is 1. The van der Waals surface area contributed by atoms with Gasteiger partial charge in [-0.1, -0.05) is 0 Å². The summed E-state index contributed by atoms with van der Waals surface area (Å²) in [6.07, 6.45) is 1.84. The third-order valence-electron chi connectivity index (χ3n) is 3.09. The lowest BCUT2D eigenvalue weighted by Crippen LogP contribution is -2.55. The van der Waals surface area contributed by atoms with E-state index in [1.807, 2.05) is 6.92 Å². The van der Waals surface area contributed by atoms with E-state index in [1.165, 1.54) is 6.92 Å². The number of nitrogens with one attached hydrogen (secondary N) is 1. The highest BCUT2D eigenvalue weighted by Gasteiger charge is 2.29. The molecule has 17 heavy (non-hydrogen) atoms. The minimum absolute atomic E-state index is 0.118. The predicted octanol–water partition coefficient (Wildman–Crippen LogP) is 0.404. The Morgan fingerprint density at radius 3 is 2.53 bits per heavy atom. The Kier molecular flexibility index (Phi) is 4.74. The van der Waals surface area contributed by atoms with Crippen LogP contribution in [0.4, 0.5) is 4.79 Å². The normalized spacial score (nSPS) is 23.9. The number of urea groups is 1. The van der Waals surface area contributed by atoms with Gasteiger partial charge < -0.3 is 20.4 Å². The maximum Gasteiger partial charge on any atom is 0.328 e. The molecule has 0 bridgehead atoms. The molecular formula is C11H20N2O4. The molecule has 1 fully saturated rings. The number of carbonyl (C=O) groups is 2. The van der Waals surface area contributed by atoms with E-state index < -0.39 is 24.1 Å². The Morgan fingerprint density at radius 1 is 1.41 bits per heavy atom. The zero-order valence-electron chi connectivity index (χ0n) is 10.2. The molecule has 1 heterocycles. The summed E-state index contributed by atoms with van der Waals surface area (Å²) in [5, 5.41) is 20.5. The van der Waals surface area contributed by atoms with Gasteiger partial charge in [-0.15, -0.1) is 0 Å². The molecule has 0 radical (unpaired) electrons. The van der Waals surface area contributed by atoms with Gasteiger partial charge in [-0.2, -0.15) is 0 Å². The van der Waals surface area contributed by atoms with Crippen LogP contribution in [0.3, 0.4) is 0 Å². The average molecular weight is 244 g/mol. The largest absolute Gasteiger partial charge is 0.480 e. The number of rotatable bonds is 3. The number of carboxylic acids is 1. The fraction of sp³-hybridized carbons (Fsp3) is 0.818. The molecule has 0 aromatic rings. The van der Waals surface area contributed by atoms with Gasteiger partial charge in [-0.25, -0.2) is 9.59 Å². The molecule has 1 rings (SSSR count). The first kappa shape index (κ1) is 13.8. The average Bonchev–Trinajstić information content (AvgIpc) is 2.25. The van der Waals surface area contributed by atoms with Gasteiger partial charge in [0.1, 0.15) is 0 Å². The molecule has 6 nitrogen and oxygen atoms in total.